The summed E-state index contributed by atoms with van der Waals surface area (Å²) in [4.78, 5) is 19.8. The van der Waals surface area contributed by atoms with Crippen LogP contribution >= 0.6 is 22.9 Å². The second kappa shape index (κ2) is 8.41. The van der Waals surface area contributed by atoms with E-state index in [4.69, 9.17) is 30.8 Å². The van der Waals surface area contributed by atoms with Gasteiger partial charge in [0.25, 0.3) is 0 Å². The average molecular weight is 445 g/mol. The Balaban J connectivity index is 1.43. The summed E-state index contributed by atoms with van der Waals surface area (Å²) in [5.74, 6) is 1.08. The lowest BCUT2D eigenvalue weighted by molar-refractivity contribution is -0.118. The van der Waals surface area contributed by atoms with Crippen LogP contribution in [0.2, 0.25) is 5.02 Å². The zero-order valence-electron chi connectivity index (χ0n) is 16.3. The highest BCUT2D eigenvalue weighted by Gasteiger charge is 2.27. The first-order valence-corrected chi connectivity index (χ1v) is 11.2. The van der Waals surface area contributed by atoms with Crippen LogP contribution in [0, 0.1) is 0 Å². The Bertz CT molecular complexity index is 1050. The van der Waals surface area contributed by atoms with Crippen LogP contribution in [0.1, 0.15) is 18.4 Å². The van der Waals surface area contributed by atoms with Gasteiger partial charge in [0.2, 0.25) is 5.91 Å². The van der Waals surface area contributed by atoms with Crippen molar-refractivity contribution < 1.29 is 19.0 Å². The van der Waals surface area contributed by atoms with Crippen LogP contribution in [0.25, 0.3) is 10.2 Å². The summed E-state index contributed by atoms with van der Waals surface area (Å²) in [7, 11) is 0. The molecule has 2 aromatic carbocycles. The van der Waals surface area contributed by atoms with Gasteiger partial charge in [0, 0.05) is 6.61 Å². The van der Waals surface area contributed by atoms with E-state index in [1.807, 2.05) is 30.3 Å². The lowest BCUT2D eigenvalue weighted by Gasteiger charge is -2.24. The average Bonchev–Trinajstić information content (AvgIpc) is 3.41. The maximum absolute atomic E-state index is 13.4. The molecule has 6 nitrogen and oxygen atoms in total. The van der Waals surface area contributed by atoms with Crippen molar-refractivity contribution in [3.8, 4) is 11.5 Å². The summed E-state index contributed by atoms with van der Waals surface area (Å²) >= 11 is 7.88. The van der Waals surface area contributed by atoms with Gasteiger partial charge >= 0.3 is 0 Å². The van der Waals surface area contributed by atoms with Crippen LogP contribution in [-0.2, 0) is 16.0 Å². The number of benzene rings is 2. The van der Waals surface area contributed by atoms with Gasteiger partial charge in [-0.2, -0.15) is 0 Å². The van der Waals surface area contributed by atoms with Crippen molar-refractivity contribution in [1.29, 1.82) is 0 Å². The third kappa shape index (κ3) is 3.97. The topological polar surface area (TPSA) is 60.9 Å². The molecule has 1 aromatic heterocycles. The van der Waals surface area contributed by atoms with Crippen molar-refractivity contribution >= 4 is 44.2 Å². The molecule has 0 spiro atoms. The summed E-state index contributed by atoms with van der Waals surface area (Å²) < 4.78 is 18.1. The highest BCUT2D eigenvalue weighted by atomic mass is 35.5. The van der Waals surface area contributed by atoms with Crippen molar-refractivity contribution in [3.63, 3.8) is 0 Å². The van der Waals surface area contributed by atoms with Gasteiger partial charge in [-0.1, -0.05) is 35.1 Å². The van der Waals surface area contributed by atoms with Gasteiger partial charge in [-0.05, 0) is 42.7 Å². The molecule has 0 bridgehead atoms. The molecule has 0 saturated carbocycles. The first kappa shape index (κ1) is 19.6. The number of hydrogen-bond donors (Lipinski definition) is 0. The third-order valence-corrected chi connectivity index (χ3v) is 6.58. The third-order valence-electron chi connectivity index (χ3n) is 5.24. The molecular weight excluding hydrogens is 424 g/mol. The Labute approximate surface area is 183 Å². The fourth-order valence-electron chi connectivity index (χ4n) is 3.79. The Morgan fingerprint density at radius 3 is 2.90 bits per heavy atom. The van der Waals surface area contributed by atoms with E-state index in [0.717, 1.165) is 35.2 Å². The number of anilines is 1. The lowest BCUT2D eigenvalue weighted by atomic mass is 10.1. The maximum Gasteiger partial charge on any atom is 0.233 e. The quantitative estimate of drug-likeness (QED) is 0.580. The second-order valence-corrected chi connectivity index (χ2v) is 8.80. The minimum Gasteiger partial charge on any atom is -0.486 e. The lowest BCUT2D eigenvalue weighted by Crippen LogP contribution is -2.38. The van der Waals surface area contributed by atoms with E-state index < -0.39 is 0 Å². The minimum atomic E-state index is -0.0442. The number of hydrogen-bond acceptors (Lipinski definition) is 6. The highest BCUT2D eigenvalue weighted by Crippen LogP contribution is 2.39. The van der Waals surface area contributed by atoms with Crippen molar-refractivity contribution in [1.82, 2.24) is 4.98 Å². The van der Waals surface area contributed by atoms with Gasteiger partial charge in [-0.3, -0.25) is 9.69 Å². The van der Waals surface area contributed by atoms with Crippen LogP contribution in [0.3, 0.4) is 0 Å². The van der Waals surface area contributed by atoms with Crippen LogP contribution < -0.4 is 14.4 Å². The van der Waals surface area contributed by atoms with Gasteiger partial charge in [0.15, 0.2) is 16.6 Å². The number of nitrogens with zero attached hydrogens (tertiary/aromatic N) is 2. The molecule has 0 aliphatic carbocycles. The van der Waals surface area contributed by atoms with Crippen LogP contribution in [0.5, 0.6) is 11.5 Å². The van der Waals surface area contributed by atoms with Gasteiger partial charge in [-0.25, -0.2) is 4.98 Å². The molecule has 5 rings (SSSR count). The normalized spacial score (nSPS) is 18.0. The molecule has 3 aromatic rings. The number of fused-ring (bicyclic) bond motifs is 2. The number of halogens is 1. The van der Waals surface area contributed by atoms with Crippen LogP contribution in [0.4, 0.5) is 5.13 Å². The molecule has 1 amide bonds. The SMILES string of the molecule is O=C(Cc1cc(Cl)c2c(c1)OCCO2)N(C[C@@H]1CCCO1)c1nc2ccccc2s1. The fourth-order valence-corrected chi connectivity index (χ4v) is 5.07. The Hall–Kier alpha value is -2.35. The highest BCUT2D eigenvalue weighted by molar-refractivity contribution is 7.22. The minimum absolute atomic E-state index is 0.0322. The summed E-state index contributed by atoms with van der Waals surface area (Å²) in [6, 6.07) is 11.5. The molecule has 0 unspecified atom stereocenters. The van der Waals surface area contributed by atoms with E-state index in [1.54, 1.807) is 11.0 Å². The van der Waals surface area contributed by atoms with Gasteiger partial charge in [-0.15, -0.1) is 0 Å². The number of thiazole rings is 1. The number of rotatable bonds is 5. The molecule has 1 atom stereocenters. The summed E-state index contributed by atoms with van der Waals surface area (Å²) in [5, 5.41) is 1.15. The molecule has 0 N–H and O–H groups in total. The molecule has 2 aliphatic rings. The van der Waals surface area contributed by atoms with E-state index in [9.17, 15) is 4.79 Å². The number of aromatic nitrogens is 1. The number of para-hydroxylation sites is 1. The van der Waals surface area contributed by atoms with E-state index in [1.165, 1.54) is 11.3 Å². The summed E-state index contributed by atoms with van der Waals surface area (Å²) in [6.07, 6.45) is 2.19. The van der Waals surface area contributed by atoms with Gasteiger partial charge < -0.3 is 14.2 Å². The van der Waals surface area contributed by atoms with E-state index in [-0.39, 0.29) is 18.4 Å². The molecule has 8 heteroatoms. The Morgan fingerprint density at radius 1 is 1.20 bits per heavy atom. The molecule has 2 aliphatic heterocycles. The van der Waals surface area contributed by atoms with Crippen molar-refractivity contribution in [3.05, 3.63) is 47.0 Å². The molecular formula is C22H21ClN2O4S. The maximum atomic E-state index is 13.4. The Morgan fingerprint density at radius 2 is 2.07 bits per heavy atom. The predicted molar refractivity (Wildman–Crippen MR) is 117 cm³/mol. The van der Waals surface area contributed by atoms with Crippen molar-refractivity contribution in [2.75, 3.05) is 31.3 Å². The molecule has 0 radical (unpaired) electrons. The number of carbonyl (C=O) groups is 1. The zero-order chi connectivity index (χ0) is 20.5. The Kier molecular flexibility index (Phi) is 5.50. The zero-order valence-corrected chi connectivity index (χ0v) is 17.9. The summed E-state index contributed by atoms with van der Waals surface area (Å²) in [5.41, 5.74) is 1.68. The standard InChI is InChI=1S/C22H21ClN2O4S/c23-16-10-14(11-18-21(16)29-9-8-28-18)12-20(26)25(13-15-4-3-7-27-15)22-24-17-5-1-2-6-19(17)30-22/h1-2,5-6,10-11,15H,3-4,7-9,12-13H2/t15-/m0/s1. The number of carbonyl (C=O) groups excluding carboxylic acids is 1. The van der Waals surface area contributed by atoms with E-state index in [2.05, 4.69) is 0 Å². The summed E-state index contributed by atoms with van der Waals surface area (Å²) in [6.45, 7) is 2.18. The first-order chi connectivity index (χ1) is 14.7. The first-order valence-electron chi connectivity index (χ1n) is 10.0. The second-order valence-electron chi connectivity index (χ2n) is 7.38. The fraction of sp³-hybridized carbons (Fsp3) is 0.364. The monoisotopic (exact) mass is 444 g/mol. The van der Waals surface area contributed by atoms with Crippen molar-refractivity contribution in [2.45, 2.75) is 25.4 Å². The molecule has 156 valence electrons. The van der Waals surface area contributed by atoms with E-state index >= 15 is 0 Å². The molecule has 1 saturated heterocycles. The van der Waals surface area contributed by atoms with Gasteiger partial charge in [0.05, 0.1) is 34.3 Å². The number of amides is 1. The predicted octanol–water partition coefficient (Wildman–Crippen LogP) is 4.48. The largest absolute Gasteiger partial charge is 0.486 e. The molecule has 30 heavy (non-hydrogen) atoms. The number of ether oxygens (including phenoxy) is 3. The smallest absolute Gasteiger partial charge is 0.233 e. The van der Waals surface area contributed by atoms with E-state index in [0.29, 0.717) is 41.4 Å². The van der Waals surface area contributed by atoms with Gasteiger partial charge in [0.1, 0.15) is 13.2 Å². The molecule has 3 heterocycles. The van der Waals surface area contributed by atoms with Crippen LogP contribution in [-0.4, -0.2) is 43.4 Å². The van der Waals surface area contributed by atoms with Crippen LogP contribution in [0.15, 0.2) is 36.4 Å². The van der Waals surface area contributed by atoms with Crippen molar-refractivity contribution in [2.24, 2.45) is 0 Å². The molecule has 1 fully saturated rings.